The molecule has 3 aromatic rings. The minimum Gasteiger partial charge on any atom is -0.347 e. The third-order valence-electron chi connectivity index (χ3n) is 3.92. The van der Waals surface area contributed by atoms with Gasteiger partial charge in [-0.15, -0.1) is 0 Å². The van der Waals surface area contributed by atoms with Gasteiger partial charge >= 0.3 is 0 Å². The molecule has 3 rings (SSSR count). The van der Waals surface area contributed by atoms with Crippen molar-refractivity contribution < 1.29 is 12.8 Å². The Kier molecular flexibility index (Phi) is 4.69. The number of nitrogens with zero attached hydrogens (tertiary/aromatic N) is 1. The van der Waals surface area contributed by atoms with Crippen LogP contribution in [-0.2, 0) is 16.6 Å². The smallest absolute Gasteiger partial charge is 0.243 e. The standard InChI is InChI=1S/C18H19FN2O2S/c1-14-7-8-16(19)18(13-14)24(22,23)20-10-4-11-21-12-9-15-5-2-3-6-17(15)21/h2-3,5-9,12-13,20H,4,10-11H2,1H3. The monoisotopic (exact) mass is 346 g/mol. The van der Waals surface area contributed by atoms with Crippen molar-refractivity contribution in [2.75, 3.05) is 6.54 Å². The lowest BCUT2D eigenvalue weighted by molar-refractivity contribution is 0.551. The lowest BCUT2D eigenvalue weighted by Crippen LogP contribution is -2.26. The van der Waals surface area contributed by atoms with Gasteiger partial charge in [-0.1, -0.05) is 24.3 Å². The maximum absolute atomic E-state index is 13.7. The predicted molar refractivity (Wildman–Crippen MR) is 92.9 cm³/mol. The number of benzene rings is 2. The van der Waals surface area contributed by atoms with E-state index in [1.165, 1.54) is 12.1 Å². The lowest BCUT2D eigenvalue weighted by atomic mass is 10.2. The zero-order valence-corrected chi connectivity index (χ0v) is 14.2. The highest BCUT2D eigenvalue weighted by molar-refractivity contribution is 7.89. The largest absolute Gasteiger partial charge is 0.347 e. The molecular formula is C18H19FN2O2S. The van der Waals surface area contributed by atoms with Gasteiger partial charge in [-0.3, -0.25) is 0 Å². The number of hydrogen-bond acceptors (Lipinski definition) is 2. The number of aryl methyl sites for hydroxylation is 2. The van der Waals surface area contributed by atoms with Gasteiger partial charge in [-0.2, -0.15) is 0 Å². The van der Waals surface area contributed by atoms with Gasteiger partial charge in [0.25, 0.3) is 0 Å². The van der Waals surface area contributed by atoms with Crippen molar-refractivity contribution in [2.45, 2.75) is 24.8 Å². The molecule has 0 spiro atoms. The van der Waals surface area contributed by atoms with E-state index < -0.39 is 15.8 Å². The van der Waals surface area contributed by atoms with Crippen LogP contribution in [0.5, 0.6) is 0 Å². The van der Waals surface area contributed by atoms with Crippen molar-refractivity contribution in [1.82, 2.24) is 9.29 Å². The van der Waals surface area contributed by atoms with E-state index in [1.807, 2.05) is 36.5 Å². The van der Waals surface area contributed by atoms with Gasteiger partial charge in [0.05, 0.1) is 0 Å². The summed E-state index contributed by atoms with van der Waals surface area (Å²) in [4.78, 5) is -0.297. The molecule has 6 heteroatoms. The molecule has 4 nitrogen and oxygen atoms in total. The quantitative estimate of drug-likeness (QED) is 0.695. The van der Waals surface area contributed by atoms with Crippen molar-refractivity contribution in [3.63, 3.8) is 0 Å². The average molecular weight is 346 g/mol. The van der Waals surface area contributed by atoms with Gasteiger partial charge < -0.3 is 4.57 Å². The summed E-state index contributed by atoms with van der Waals surface area (Å²) in [5.41, 5.74) is 1.82. The zero-order valence-electron chi connectivity index (χ0n) is 13.4. The third kappa shape index (κ3) is 3.49. The number of hydrogen-bond donors (Lipinski definition) is 1. The molecule has 0 bridgehead atoms. The molecule has 24 heavy (non-hydrogen) atoms. The molecule has 2 aromatic carbocycles. The van der Waals surface area contributed by atoms with Crippen molar-refractivity contribution in [2.24, 2.45) is 0 Å². The van der Waals surface area contributed by atoms with Crippen molar-refractivity contribution >= 4 is 20.9 Å². The summed E-state index contributed by atoms with van der Waals surface area (Å²) in [6, 6.07) is 14.1. The van der Waals surface area contributed by atoms with E-state index in [0.29, 0.717) is 18.5 Å². The fourth-order valence-electron chi connectivity index (χ4n) is 2.69. The van der Waals surface area contributed by atoms with E-state index in [2.05, 4.69) is 9.29 Å². The molecule has 0 aliphatic heterocycles. The normalized spacial score (nSPS) is 11.9. The Morgan fingerprint density at radius 2 is 1.92 bits per heavy atom. The Balaban J connectivity index is 1.62. The van der Waals surface area contributed by atoms with Crippen LogP contribution in [0.2, 0.25) is 0 Å². The molecule has 0 unspecified atom stereocenters. The highest BCUT2D eigenvalue weighted by Gasteiger charge is 2.18. The summed E-state index contributed by atoms with van der Waals surface area (Å²) in [5.74, 6) is -0.732. The highest BCUT2D eigenvalue weighted by atomic mass is 32.2. The maximum atomic E-state index is 13.7. The highest BCUT2D eigenvalue weighted by Crippen LogP contribution is 2.17. The van der Waals surface area contributed by atoms with Gasteiger partial charge in [0.1, 0.15) is 10.7 Å². The molecule has 0 aliphatic carbocycles. The number of halogens is 1. The van der Waals surface area contributed by atoms with Crippen LogP contribution in [0.15, 0.2) is 59.6 Å². The average Bonchev–Trinajstić information content (AvgIpc) is 2.97. The second-order valence-corrected chi connectivity index (χ2v) is 7.49. The van der Waals surface area contributed by atoms with Crippen LogP contribution in [-0.4, -0.2) is 19.5 Å². The van der Waals surface area contributed by atoms with Crippen LogP contribution >= 0.6 is 0 Å². The molecule has 0 saturated heterocycles. The van der Waals surface area contributed by atoms with E-state index >= 15 is 0 Å². The fraction of sp³-hybridized carbons (Fsp3) is 0.222. The van der Waals surface area contributed by atoms with E-state index in [0.717, 1.165) is 10.9 Å². The van der Waals surface area contributed by atoms with Crippen LogP contribution in [0.4, 0.5) is 4.39 Å². The molecule has 0 radical (unpaired) electrons. The van der Waals surface area contributed by atoms with Gasteiger partial charge in [0.15, 0.2) is 0 Å². The Morgan fingerprint density at radius 3 is 2.75 bits per heavy atom. The Labute approximate surface area is 141 Å². The number of para-hydroxylation sites is 1. The first-order chi connectivity index (χ1) is 11.5. The first-order valence-corrected chi connectivity index (χ1v) is 9.25. The molecule has 0 saturated carbocycles. The van der Waals surface area contributed by atoms with Gasteiger partial charge in [-0.25, -0.2) is 17.5 Å². The summed E-state index contributed by atoms with van der Waals surface area (Å²) >= 11 is 0. The molecule has 0 amide bonds. The van der Waals surface area contributed by atoms with Crippen molar-refractivity contribution in [1.29, 1.82) is 0 Å². The number of fused-ring (bicyclic) bond motifs is 1. The molecule has 0 atom stereocenters. The lowest BCUT2D eigenvalue weighted by Gasteiger charge is -2.09. The first kappa shape index (κ1) is 16.7. The van der Waals surface area contributed by atoms with Gasteiger partial charge in [0, 0.05) is 24.8 Å². The number of aromatic nitrogens is 1. The predicted octanol–water partition coefficient (Wildman–Crippen LogP) is 3.46. The number of sulfonamides is 1. The van der Waals surface area contributed by atoms with Crippen LogP contribution in [0.25, 0.3) is 10.9 Å². The maximum Gasteiger partial charge on any atom is 0.243 e. The molecule has 126 valence electrons. The Morgan fingerprint density at radius 1 is 1.12 bits per heavy atom. The molecule has 1 N–H and O–H groups in total. The van der Waals surface area contributed by atoms with Crippen molar-refractivity contribution in [3.05, 3.63) is 66.1 Å². The Bertz CT molecular complexity index is 964. The number of nitrogens with one attached hydrogen (secondary N) is 1. The Hall–Kier alpha value is -2.18. The van der Waals surface area contributed by atoms with Gasteiger partial charge in [-0.05, 0) is 48.6 Å². The second-order valence-electron chi connectivity index (χ2n) is 5.75. The van der Waals surface area contributed by atoms with Crippen LogP contribution < -0.4 is 4.72 Å². The summed E-state index contributed by atoms with van der Waals surface area (Å²) in [6.45, 7) is 2.67. The molecule has 1 heterocycles. The topological polar surface area (TPSA) is 51.1 Å². The van der Waals surface area contributed by atoms with Crippen LogP contribution in [0.1, 0.15) is 12.0 Å². The summed E-state index contributed by atoms with van der Waals surface area (Å²) in [5, 5.41) is 1.15. The van der Waals surface area contributed by atoms with Gasteiger partial charge in [0.2, 0.25) is 10.0 Å². The SMILES string of the molecule is Cc1ccc(F)c(S(=O)(=O)NCCCn2ccc3ccccc32)c1. The van der Waals surface area contributed by atoms with E-state index in [9.17, 15) is 12.8 Å². The molecule has 0 aliphatic rings. The summed E-state index contributed by atoms with van der Waals surface area (Å²) in [7, 11) is -3.83. The minimum absolute atomic E-state index is 0.252. The zero-order chi connectivity index (χ0) is 17.2. The molecule has 0 fully saturated rings. The molecule has 1 aromatic heterocycles. The van der Waals surface area contributed by atoms with E-state index in [4.69, 9.17) is 0 Å². The summed E-state index contributed by atoms with van der Waals surface area (Å²) < 4.78 is 42.7. The van der Waals surface area contributed by atoms with Crippen LogP contribution in [0, 0.1) is 12.7 Å². The minimum atomic E-state index is -3.83. The molecular weight excluding hydrogens is 327 g/mol. The third-order valence-corrected chi connectivity index (χ3v) is 5.40. The van der Waals surface area contributed by atoms with Crippen molar-refractivity contribution in [3.8, 4) is 0 Å². The number of rotatable bonds is 6. The first-order valence-electron chi connectivity index (χ1n) is 7.77. The van der Waals surface area contributed by atoms with E-state index in [1.54, 1.807) is 13.0 Å². The second kappa shape index (κ2) is 6.75. The van der Waals surface area contributed by atoms with Crippen LogP contribution in [0.3, 0.4) is 0 Å². The van der Waals surface area contributed by atoms with E-state index in [-0.39, 0.29) is 11.4 Å². The fourth-order valence-corrected chi connectivity index (χ4v) is 3.92. The summed E-state index contributed by atoms with van der Waals surface area (Å²) in [6.07, 6.45) is 2.60.